The molecule has 0 saturated heterocycles. The molecular formula is C13H14ClN3O2. The fourth-order valence-corrected chi connectivity index (χ4v) is 1.88. The molecule has 0 fully saturated rings. The van der Waals surface area contributed by atoms with Gasteiger partial charge < -0.3 is 15.2 Å². The van der Waals surface area contributed by atoms with Crippen LogP contribution in [-0.4, -0.2) is 23.0 Å². The van der Waals surface area contributed by atoms with Crippen molar-refractivity contribution in [2.75, 3.05) is 12.8 Å². The number of rotatable bonds is 3. The highest BCUT2D eigenvalue weighted by molar-refractivity contribution is 6.31. The summed E-state index contributed by atoms with van der Waals surface area (Å²) in [7, 11) is 1.67. The van der Waals surface area contributed by atoms with Crippen LogP contribution in [0, 0.1) is 6.92 Å². The van der Waals surface area contributed by atoms with Crippen molar-refractivity contribution in [2.45, 2.75) is 13.5 Å². The van der Waals surface area contributed by atoms with Gasteiger partial charge in [-0.3, -0.25) is 4.79 Å². The Balaban J connectivity index is 2.14. The summed E-state index contributed by atoms with van der Waals surface area (Å²) in [6.45, 7) is 2.09. The highest BCUT2D eigenvalue weighted by Crippen LogP contribution is 2.20. The zero-order valence-corrected chi connectivity index (χ0v) is 11.4. The predicted octanol–water partition coefficient (Wildman–Crippen LogP) is 2.49. The van der Waals surface area contributed by atoms with Gasteiger partial charge in [0.2, 0.25) is 0 Å². The third kappa shape index (κ3) is 3.06. The minimum atomic E-state index is -0.227. The largest absolute Gasteiger partial charge is 0.399 e. The van der Waals surface area contributed by atoms with Gasteiger partial charge in [0.1, 0.15) is 5.76 Å². The SMILES string of the molecule is Cc1cc(C(=O)N(C)Cc2cc(N)ccc2Cl)no1. The number of amides is 1. The van der Waals surface area contributed by atoms with Crippen LogP contribution >= 0.6 is 11.6 Å². The highest BCUT2D eigenvalue weighted by Gasteiger charge is 2.17. The van der Waals surface area contributed by atoms with Crippen molar-refractivity contribution in [3.8, 4) is 0 Å². The van der Waals surface area contributed by atoms with Crippen molar-refractivity contribution in [2.24, 2.45) is 0 Å². The van der Waals surface area contributed by atoms with E-state index in [-0.39, 0.29) is 11.6 Å². The first-order valence-corrected chi connectivity index (χ1v) is 6.08. The van der Waals surface area contributed by atoms with E-state index in [2.05, 4.69) is 5.16 Å². The Hall–Kier alpha value is -2.01. The number of benzene rings is 1. The number of aryl methyl sites for hydroxylation is 1. The number of nitrogens with zero attached hydrogens (tertiary/aromatic N) is 2. The van der Waals surface area contributed by atoms with E-state index < -0.39 is 0 Å². The van der Waals surface area contributed by atoms with Crippen LogP contribution in [-0.2, 0) is 6.54 Å². The lowest BCUT2D eigenvalue weighted by molar-refractivity contribution is 0.0775. The number of carbonyl (C=O) groups excluding carboxylic acids is 1. The maximum atomic E-state index is 12.1. The Kier molecular flexibility index (Phi) is 3.76. The molecule has 19 heavy (non-hydrogen) atoms. The normalized spacial score (nSPS) is 10.5. The van der Waals surface area contributed by atoms with Crippen molar-refractivity contribution >= 4 is 23.2 Å². The monoisotopic (exact) mass is 279 g/mol. The van der Waals surface area contributed by atoms with Crippen molar-refractivity contribution in [3.63, 3.8) is 0 Å². The van der Waals surface area contributed by atoms with E-state index in [1.807, 2.05) is 0 Å². The van der Waals surface area contributed by atoms with Crippen LogP contribution in [0.1, 0.15) is 21.8 Å². The van der Waals surface area contributed by atoms with Crippen molar-refractivity contribution in [1.29, 1.82) is 0 Å². The third-order valence-electron chi connectivity index (χ3n) is 2.67. The summed E-state index contributed by atoms with van der Waals surface area (Å²) in [6.07, 6.45) is 0. The van der Waals surface area contributed by atoms with Gasteiger partial charge in [0.05, 0.1) is 0 Å². The summed E-state index contributed by atoms with van der Waals surface area (Å²) in [5.74, 6) is 0.370. The summed E-state index contributed by atoms with van der Waals surface area (Å²) in [4.78, 5) is 13.6. The molecule has 0 aliphatic carbocycles. The second-order valence-corrected chi connectivity index (χ2v) is 4.74. The highest BCUT2D eigenvalue weighted by atomic mass is 35.5. The number of nitrogen functional groups attached to an aromatic ring is 1. The van der Waals surface area contributed by atoms with Gasteiger partial charge in [0.15, 0.2) is 5.69 Å². The molecule has 0 atom stereocenters. The lowest BCUT2D eigenvalue weighted by Gasteiger charge is -2.16. The third-order valence-corrected chi connectivity index (χ3v) is 3.04. The second-order valence-electron chi connectivity index (χ2n) is 4.33. The Morgan fingerprint density at radius 2 is 2.21 bits per heavy atom. The van der Waals surface area contributed by atoms with Gasteiger partial charge in [0.25, 0.3) is 5.91 Å². The van der Waals surface area contributed by atoms with Crippen LogP contribution in [0.25, 0.3) is 0 Å². The Labute approximate surface area is 115 Å². The second kappa shape index (κ2) is 5.32. The summed E-state index contributed by atoms with van der Waals surface area (Å²) < 4.78 is 4.89. The molecule has 100 valence electrons. The predicted molar refractivity (Wildman–Crippen MR) is 72.9 cm³/mol. The first-order chi connectivity index (χ1) is 8.97. The number of hydrogen-bond donors (Lipinski definition) is 1. The molecule has 0 aliphatic heterocycles. The van der Waals surface area contributed by atoms with E-state index in [1.54, 1.807) is 38.2 Å². The van der Waals surface area contributed by atoms with Gasteiger partial charge >= 0.3 is 0 Å². The molecular weight excluding hydrogens is 266 g/mol. The summed E-state index contributed by atoms with van der Waals surface area (Å²) in [6, 6.07) is 6.78. The van der Waals surface area contributed by atoms with Crippen molar-refractivity contribution in [1.82, 2.24) is 10.1 Å². The molecule has 5 nitrogen and oxygen atoms in total. The molecule has 0 aliphatic rings. The Bertz CT molecular complexity index is 610. The average molecular weight is 280 g/mol. The molecule has 2 N–H and O–H groups in total. The van der Waals surface area contributed by atoms with E-state index in [0.29, 0.717) is 23.0 Å². The van der Waals surface area contributed by atoms with E-state index in [4.69, 9.17) is 21.9 Å². The number of anilines is 1. The van der Waals surface area contributed by atoms with Gasteiger partial charge in [0, 0.05) is 30.4 Å². The summed E-state index contributed by atoms with van der Waals surface area (Å²) in [5.41, 5.74) is 7.38. The van der Waals surface area contributed by atoms with Crippen LogP contribution in [0.15, 0.2) is 28.8 Å². The van der Waals surface area contributed by atoms with E-state index >= 15 is 0 Å². The summed E-state index contributed by atoms with van der Waals surface area (Å²) >= 11 is 6.07. The number of hydrogen-bond acceptors (Lipinski definition) is 4. The average Bonchev–Trinajstić information content (AvgIpc) is 2.79. The van der Waals surface area contributed by atoms with Gasteiger partial charge in [-0.05, 0) is 30.7 Å². The minimum Gasteiger partial charge on any atom is -0.399 e. The molecule has 1 amide bonds. The molecule has 1 aromatic carbocycles. The number of carbonyl (C=O) groups is 1. The molecule has 6 heteroatoms. The van der Waals surface area contributed by atoms with Crippen LogP contribution in [0.2, 0.25) is 5.02 Å². The van der Waals surface area contributed by atoms with Crippen LogP contribution in [0.3, 0.4) is 0 Å². The minimum absolute atomic E-state index is 0.227. The Morgan fingerprint density at radius 3 is 2.84 bits per heavy atom. The summed E-state index contributed by atoms with van der Waals surface area (Å²) in [5, 5.41) is 4.27. The molecule has 2 aromatic rings. The zero-order chi connectivity index (χ0) is 14.0. The number of nitrogens with two attached hydrogens (primary N) is 1. The smallest absolute Gasteiger partial charge is 0.276 e. The molecule has 0 unspecified atom stereocenters. The van der Waals surface area contributed by atoms with Gasteiger partial charge in [-0.15, -0.1) is 0 Å². The van der Waals surface area contributed by atoms with Crippen LogP contribution < -0.4 is 5.73 Å². The van der Waals surface area contributed by atoms with Crippen molar-refractivity contribution in [3.05, 3.63) is 46.3 Å². The number of halogens is 1. The van der Waals surface area contributed by atoms with Gasteiger partial charge in [-0.1, -0.05) is 16.8 Å². The van der Waals surface area contributed by atoms with E-state index in [9.17, 15) is 4.79 Å². The molecule has 2 rings (SSSR count). The maximum Gasteiger partial charge on any atom is 0.276 e. The zero-order valence-electron chi connectivity index (χ0n) is 10.7. The van der Waals surface area contributed by atoms with Gasteiger partial charge in [-0.25, -0.2) is 0 Å². The van der Waals surface area contributed by atoms with Crippen LogP contribution in [0.5, 0.6) is 0 Å². The first kappa shape index (κ1) is 13.4. The number of aromatic nitrogens is 1. The van der Waals surface area contributed by atoms with Crippen LogP contribution in [0.4, 0.5) is 5.69 Å². The standard InChI is InChI=1S/C13H14ClN3O2/c1-8-5-12(16-19-8)13(18)17(2)7-9-6-10(15)3-4-11(9)14/h3-6H,7,15H2,1-2H3. The van der Waals surface area contributed by atoms with Gasteiger partial charge in [-0.2, -0.15) is 0 Å². The van der Waals surface area contributed by atoms with E-state index in [0.717, 1.165) is 5.56 Å². The van der Waals surface area contributed by atoms with Crippen molar-refractivity contribution < 1.29 is 9.32 Å². The topological polar surface area (TPSA) is 72.4 Å². The quantitative estimate of drug-likeness (QED) is 0.876. The lowest BCUT2D eigenvalue weighted by Crippen LogP contribution is -2.26. The van der Waals surface area contributed by atoms with E-state index in [1.165, 1.54) is 4.90 Å². The Morgan fingerprint density at radius 1 is 1.47 bits per heavy atom. The molecule has 1 aromatic heterocycles. The maximum absolute atomic E-state index is 12.1. The fourth-order valence-electron chi connectivity index (χ4n) is 1.71. The fraction of sp³-hybridized carbons (Fsp3) is 0.231. The molecule has 0 spiro atoms. The lowest BCUT2D eigenvalue weighted by atomic mass is 10.2. The first-order valence-electron chi connectivity index (χ1n) is 5.70. The molecule has 0 radical (unpaired) electrons. The molecule has 0 saturated carbocycles. The molecule has 0 bridgehead atoms. The molecule has 1 heterocycles.